The molecule has 0 spiro atoms. The number of nitrogens with zero attached hydrogens (tertiary/aromatic N) is 3. The van der Waals surface area contributed by atoms with Crippen LogP contribution in [0.5, 0.6) is 0 Å². The Hall–Kier alpha value is -3.04. The minimum absolute atomic E-state index is 0.350. The van der Waals surface area contributed by atoms with Gasteiger partial charge in [0.15, 0.2) is 0 Å². The molecular weight excluding hydrogens is 488 g/mol. The second-order valence-electron chi connectivity index (χ2n) is 12.1. The van der Waals surface area contributed by atoms with Crippen molar-refractivity contribution in [3.8, 4) is 0 Å². The van der Waals surface area contributed by atoms with Crippen LogP contribution in [0.1, 0.15) is 80.8 Å². The van der Waals surface area contributed by atoms with Gasteiger partial charge in [0.05, 0.1) is 0 Å². The molecule has 0 aliphatic carbocycles. The molecule has 0 saturated carbocycles. The summed E-state index contributed by atoms with van der Waals surface area (Å²) >= 11 is 0. The van der Waals surface area contributed by atoms with Crippen LogP contribution in [0.3, 0.4) is 0 Å². The molecule has 1 aromatic rings. The molecule has 38 heavy (non-hydrogen) atoms. The molecule has 0 saturated heterocycles. The van der Waals surface area contributed by atoms with Crippen LogP contribution in [-0.2, 0) is 20.6 Å². The summed E-state index contributed by atoms with van der Waals surface area (Å²) in [6.07, 6.45) is 2.03. The molecule has 10 heteroatoms. The highest BCUT2D eigenvalue weighted by atomic mass is 16.6. The number of nitrogens with one attached hydrogen (secondary N) is 1. The zero-order chi connectivity index (χ0) is 29.0. The fraction of sp³-hybridized carbons (Fsp3) is 0.714. The van der Waals surface area contributed by atoms with Gasteiger partial charge in [0.2, 0.25) is 0 Å². The Labute approximate surface area is 228 Å². The average molecular weight is 537 g/mol. The third-order valence-electron chi connectivity index (χ3n) is 4.80. The highest BCUT2D eigenvalue weighted by molar-refractivity contribution is 5.69. The summed E-state index contributed by atoms with van der Waals surface area (Å²) < 4.78 is 16.4. The summed E-state index contributed by atoms with van der Waals surface area (Å²) in [5, 5.41) is 2.71. The normalized spacial score (nSPS) is 11.9. The van der Waals surface area contributed by atoms with Gasteiger partial charge in [-0.05, 0) is 87.3 Å². The lowest BCUT2D eigenvalue weighted by Gasteiger charge is -2.30. The Kier molecular flexibility index (Phi) is 12.8. The molecule has 1 heterocycles. The Morgan fingerprint density at radius 2 is 1.24 bits per heavy atom. The topological polar surface area (TPSA) is 110 Å². The average Bonchev–Trinajstić information content (AvgIpc) is 2.74. The summed E-state index contributed by atoms with van der Waals surface area (Å²) in [6.45, 7) is 18.3. The van der Waals surface area contributed by atoms with Gasteiger partial charge in [-0.3, -0.25) is 4.98 Å². The molecule has 216 valence electrons. The van der Waals surface area contributed by atoms with E-state index in [1.54, 1.807) is 36.8 Å². The lowest BCUT2D eigenvalue weighted by atomic mass is 10.2. The van der Waals surface area contributed by atoms with Crippen molar-refractivity contribution in [2.75, 3.05) is 32.7 Å². The molecule has 0 aromatic carbocycles. The zero-order valence-electron chi connectivity index (χ0n) is 24.8. The van der Waals surface area contributed by atoms with Crippen LogP contribution in [-0.4, -0.2) is 82.6 Å². The molecule has 1 N–H and O–H groups in total. The summed E-state index contributed by atoms with van der Waals surface area (Å²) in [7, 11) is 0. The zero-order valence-corrected chi connectivity index (χ0v) is 24.8. The first-order valence-electron chi connectivity index (χ1n) is 13.3. The van der Waals surface area contributed by atoms with E-state index < -0.39 is 35.1 Å². The van der Waals surface area contributed by atoms with Gasteiger partial charge >= 0.3 is 18.3 Å². The Balaban J connectivity index is 2.76. The van der Waals surface area contributed by atoms with Gasteiger partial charge in [0.1, 0.15) is 16.8 Å². The lowest BCUT2D eigenvalue weighted by molar-refractivity contribution is 0.0205. The number of hydrogen-bond donors (Lipinski definition) is 1. The predicted molar refractivity (Wildman–Crippen MR) is 147 cm³/mol. The van der Waals surface area contributed by atoms with E-state index in [4.69, 9.17) is 14.2 Å². The third kappa shape index (κ3) is 15.9. The van der Waals surface area contributed by atoms with Crippen molar-refractivity contribution in [1.82, 2.24) is 20.1 Å². The van der Waals surface area contributed by atoms with Crippen LogP contribution in [0.25, 0.3) is 0 Å². The van der Waals surface area contributed by atoms with Crippen LogP contribution in [0, 0.1) is 0 Å². The van der Waals surface area contributed by atoms with Gasteiger partial charge in [-0.25, -0.2) is 14.4 Å². The van der Waals surface area contributed by atoms with E-state index in [9.17, 15) is 14.4 Å². The smallest absolute Gasteiger partial charge is 0.410 e. The molecule has 1 rings (SSSR count). The number of carbonyl (C=O) groups excluding carboxylic acids is 3. The third-order valence-corrected chi connectivity index (χ3v) is 4.80. The van der Waals surface area contributed by atoms with Crippen molar-refractivity contribution in [3.63, 3.8) is 0 Å². The molecule has 0 aliphatic rings. The molecule has 0 unspecified atom stereocenters. The van der Waals surface area contributed by atoms with E-state index in [2.05, 4.69) is 10.3 Å². The van der Waals surface area contributed by atoms with Crippen molar-refractivity contribution < 1.29 is 28.6 Å². The number of alkyl carbamates (subject to hydrolysis) is 1. The summed E-state index contributed by atoms with van der Waals surface area (Å²) in [5.74, 6) is 0. The van der Waals surface area contributed by atoms with E-state index in [1.807, 2.05) is 59.7 Å². The van der Waals surface area contributed by atoms with Crippen LogP contribution in [0.15, 0.2) is 24.4 Å². The highest BCUT2D eigenvalue weighted by Gasteiger charge is 2.25. The number of rotatable bonds is 11. The van der Waals surface area contributed by atoms with Crippen LogP contribution >= 0.6 is 0 Å². The maximum absolute atomic E-state index is 12.9. The van der Waals surface area contributed by atoms with Crippen molar-refractivity contribution in [2.45, 2.75) is 98.4 Å². The van der Waals surface area contributed by atoms with Gasteiger partial charge in [-0.1, -0.05) is 6.07 Å². The molecular formula is C28H48N4O6. The van der Waals surface area contributed by atoms with Crippen molar-refractivity contribution in [3.05, 3.63) is 30.1 Å². The van der Waals surface area contributed by atoms with Gasteiger partial charge in [-0.2, -0.15) is 0 Å². The minimum atomic E-state index is -0.644. The van der Waals surface area contributed by atoms with Gasteiger partial charge in [-0.15, -0.1) is 0 Å². The summed E-state index contributed by atoms with van der Waals surface area (Å²) in [6, 6.07) is 5.68. The fourth-order valence-corrected chi connectivity index (χ4v) is 3.26. The molecule has 1 aromatic heterocycles. The fourth-order valence-electron chi connectivity index (χ4n) is 3.26. The molecule has 10 nitrogen and oxygen atoms in total. The number of pyridine rings is 1. The maximum atomic E-state index is 12.9. The highest BCUT2D eigenvalue weighted by Crippen LogP contribution is 2.13. The van der Waals surface area contributed by atoms with Gasteiger partial charge in [0.25, 0.3) is 0 Å². The van der Waals surface area contributed by atoms with E-state index in [-0.39, 0.29) is 0 Å². The minimum Gasteiger partial charge on any atom is -0.444 e. The Morgan fingerprint density at radius 1 is 0.737 bits per heavy atom. The Bertz CT molecular complexity index is 872. The molecule has 0 bridgehead atoms. The second kappa shape index (κ2) is 14.8. The van der Waals surface area contributed by atoms with E-state index in [0.29, 0.717) is 52.0 Å². The molecule has 0 atom stereocenters. The van der Waals surface area contributed by atoms with Crippen LogP contribution < -0.4 is 5.32 Å². The van der Waals surface area contributed by atoms with E-state index >= 15 is 0 Å². The van der Waals surface area contributed by atoms with E-state index in [0.717, 1.165) is 5.69 Å². The number of hydrogen-bond acceptors (Lipinski definition) is 7. The maximum Gasteiger partial charge on any atom is 0.410 e. The number of aromatic nitrogens is 1. The van der Waals surface area contributed by atoms with Gasteiger partial charge < -0.3 is 29.3 Å². The summed E-state index contributed by atoms with van der Waals surface area (Å²) in [5.41, 5.74) is -0.961. The molecule has 0 radical (unpaired) electrons. The second-order valence-corrected chi connectivity index (χ2v) is 12.1. The number of amides is 3. The van der Waals surface area contributed by atoms with E-state index in [1.165, 1.54) is 0 Å². The van der Waals surface area contributed by atoms with Gasteiger partial charge in [0, 0.05) is 51.0 Å². The quantitative estimate of drug-likeness (QED) is 0.298. The van der Waals surface area contributed by atoms with Crippen molar-refractivity contribution >= 4 is 18.3 Å². The largest absolute Gasteiger partial charge is 0.444 e. The first-order valence-corrected chi connectivity index (χ1v) is 13.3. The molecule has 0 fully saturated rings. The van der Waals surface area contributed by atoms with Crippen molar-refractivity contribution in [2.24, 2.45) is 0 Å². The predicted octanol–water partition coefficient (Wildman–Crippen LogP) is 5.40. The number of ether oxygens (including phenoxy) is 3. The van der Waals surface area contributed by atoms with Crippen LogP contribution in [0.2, 0.25) is 0 Å². The number of carbonyl (C=O) groups is 3. The SMILES string of the molecule is CC(C)(C)OC(=O)NCCCN(CCCN(CCc1ccccn1)C(=O)OC(C)(C)C)C(=O)OC(C)(C)C. The standard InChI is InChI=1S/C28H48N4O6/c1-26(2,3)36-23(33)30-17-12-18-31(24(34)37-27(4,5)6)19-13-20-32(25(35)38-28(7,8)9)21-15-22-14-10-11-16-29-22/h10-11,14,16H,12-13,15,17-21H2,1-9H3,(H,30,33). The monoisotopic (exact) mass is 536 g/mol. The molecule has 0 aliphatic heterocycles. The van der Waals surface area contributed by atoms with Crippen molar-refractivity contribution in [1.29, 1.82) is 0 Å². The van der Waals surface area contributed by atoms with Crippen LogP contribution in [0.4, 0.5) is 14.4 Å². The lowest BCUT2D eigenvalue weighted by Crippen LogP contribution is -2.42. The first-order chi connectivity index (χ1) is 17.5. The molecule has 3 amide bonds. The first kappa shape index (κ1) is 33.0. The Morgan fingerprint density at radius 3 is 1.71 bits per heavy atom. The summed E-state index contributed by atoms with van der Waals surface area (Å²) in [4.78, 5) is 45.2.